The van der Waals surface area contributed by atoms with Crippen LogP contribution in [0.1, 0.15) is 0 Å². The number of halogens is 2. The number of aromatic amines is 1. The number of carbonyl (C=O) groups is 1. The number of ether oxygens (including phenoxy) is 1. The number of rotatable bonds is 5. The molecular weight excluding hydrogens is 336 g/mol. The van der Waals surface area contributed by atoms with Crippen LogP contribution >= 0.6 is 11.8 Å². The van der Waals surface area contributed by atoms with Crippen LogP contribution in [-0.2, 0) is 4.79 Å². The van der Waals surface area contributed by atoms with E-state index in [1.807, 2.05) is 0 Å². The van der Waals surface area contributed by atoms with E-state index < -0.39 is 11.6 Å². The molecule has 3 rings (SSSR count). The highest BCUT2D eigenvalue weighted by Crippen LogP contribution is 2.25. The number of aromatic nitrogens is 2. The number of hydrogen-bond donors (Lipinski definition) is 2. The summed E-state index contributed by atoms with van der Waals surface area (Å²) in [5, 5.41) is 3.14. The van der Waals surface area contributed by atoms with Crippen LogP contribution in [0.3, 0.4) is 0 Å². The molecule has 1 amide bonds. The van der Waals surface area contributed by atoms with Crippen molar-refractivity contribution in [3.05, 3.63) is 48.0 Å². The van der Waals surface area contributed by atoms with Crippen molar-refractivity contribution in [2.75, 3.05) is 18.2 Å². The summed E-state index contributed by atoms with van der Waals surface area (Å²) in [6, 6.07) is 9.11. The van der Waals surface area contributed by atoms with Crippen molar-refractivity contribution >= 4 is 34.4 Å². The summed E-state index contributed by atoms with van der Waals surface area (Å²) in [5.41, 5.74) is 1.25. The molecule has 8 heteroatoms. The molecule has 3 aromatic rings. The molecule has 2 aromatic carbocycles. The number of methoxy groups -OCH3 is 1. The van der Waals surface area contributed by atoms with E-state index in [9.17, 15) is 13.6 Å². The average Bonchev–Trinajstić information content (AvgIpc) is 2.95. The number of nitrogens with zero attached hydrogens (tertiary/aromatic N) is 1. The van der Waals surface area contributed by atoms with Crippen LogP contribution in [0.25, 0.3) is 11.0 Å². The van der Waals surface area contributed by atoms with E-state index in [2.05, 4.69) is 15.3 Å². The minimum Gasteiger partial charge on any atom is -0.495 e. The van der Waals surface area contributed by atoms with Crippen LogP contribution in [0.5, 0.6) is 5.75 Å². The molecular formula is C16H13F2N3O2S. The number of fused-ring (bicyclic) bond motifs is 1. The molecule has 0 saturated heterocycles. The molecule has 0 spiro atoms. The first-order valence-electron chi connectivity index (χ1n) is 6.97. The van der Waals surface area contributed by atoms with Gasteiger partial charge in [-0.15, -0.1) is 0 Å². The van der Waals surface area contributed by atoms with E-state index in [0.717, 1.165) is 23.9 Å². The number of imidazole rings is 1. The number of benzene rings is 2. The summed E-state index contributed by atoms with van der Waals surface area (Å²) >= 11 is 1.13. The maximum absolute atomic E-state index is 13.2. The third-order valence-corrected chi connectivity index (χ3v) is 4.10. The molecule has 0 fully saturated rings. The Morgan fingerprint density at radius 3 is 2.83 bits per heavy atom. The SMILES string of the molecule is COc1ccccc1NC(=O)CSc1nc2cc(F)c(F)cc2[nH]1. The van der Waals surface area contributed by atoms with Gasteiger partial charge in [-0.2, -0.15) is 0 Å². The first kappa shape index (κ1) is 16.3. The Morgan fingerprint density at radius 1 is 1.29 bits per heavy atom. The van der Waals surface area contributed by atoms with Gasteiger partial charge in [0, 0.05) is 12.1 Å². The Hall–Kier alpha value is -2.61. The number of thioether (sulfide) groups is 1. The first-order chi connectivity index (χ1) is 11.6. The zero-order valence-corrected chi connectivity index (χ0v) is 13.4. The standard InChI is InChI=1S/C16H13F2N3O2S/c1-23-14-5-3-2-4-11(14)19-15(22)8-24-16-20-12-6-9(17)10(18)7-13(12)21-16/h2-7H,8H2,1H3,(H,19,22)(H,20,21). The largest absolute Gasteiger partial charge is 0.495 e. The van der Waals surface area contributed by atoms with Gasteiger partial charge in [-0.05, 0) is 12.1 Å². The molecule has 0 radical (unpaired) electrons. The van der Waals surface area contributed by atoms with Crippen molar-refractivity contribution in [2.24, 2.45) is 0 Å². The zero-order chi connectivity index (χ0) is 17.1. The van der Waals surface area contributed by atoms with E-state index in [0.29, 0.717) is 27.6 Å². The Bertz CT molecular complexity index is 859. The van der Waals surface area contributed by atoms with Gasteiger partial charge in [-0.25, -0.2) is 13.8 Å². The summed E-state index contributed by atoms with van der Waals surface area (Å²) in [7, 11) is 1.52. The number of amides is 1. The van der Waals surface area contributed by atoms with Crippen molar-refractivity contribution in [1.82, 2.24) is 9.97 Å². The maximum atomic E-state index is 13.2. The van der Waals surface area contributed by atoms with Gasteiger partial charge in [0.1, 0.15) is 5.75 Å². The fourth-order valence-corrected chi connectivity index (χ4v) is 2.80. The van der Waals surface area contributed by atoms with Gasteiger partial charge in [-0.3, -0.25) is 4.79 Å². The van der Waals surface area contributed by atoms with Crippen LogP contribution < -0.4 is 10.1 Å². The molecule has 0 saturated carbocycles. The van der Waals surface area contributed by atoms with E-state index in [-0.39, 0.29) is 11.7 Å². The predicted molar refractivity (Wildman–Crippen MR) is 88.4 cm³/mol. The molecule has 0 aliphatic carbocycles. The first-order valence-corrected chi connectivity index (χ1v) is 7.96. The summed E-state index contributed by atoms with van der Waals surface area (Å²) in [5.74, 6) is -1.51. The van der Waals surface area contributed by atoms with Crippen LogP contribution in [0.2, 0.25) is 0 Å². The number of carbonyl (C=O) groups excluding carboxylic acids is 1. The Morgan fingerprint density at radius 2 is 2.04 bits per heavy atom. The van der Waals surface area contributed by atoms with Crippen LogP contribution in [0.4, 0.5) is 14.5 Å². The lowest BCUT2D eigenvalue weighted by Crippen LogP contribution is -2.14. The quantitative estimate of drug-likeness (QED) is 0.691. The molecule has 24 heavy (non-hydrogen) atoms. The summed E-state index contributed by atoms with van der Waals surface area (Å²) in [4.78, 5) is 19.0. The number of hydrogen-bond acceptors (Lipinski definition) is 4. The van der Waals surface area contributed by atoms with Crippen molar-refractivity contribution in [1.29, 1.82) is 0 Å². The number of anilines is 1. The fraction of sp³-hybridized carbons (Fsp3) is 0.125. The Labute approximate surface area is 140 Å². The lowest BCUT2D eigenvalue weighted by atomic mass is 10.3. The molecule has 0 bridgehead atoms. The third kappa shape index (κ3) is 3.48. The minimum atomic E-state index is -0.959. The van der Waals surface area contributed by atoms with E-state index in [4.69, 9.17) is 4.74 Å². The fourth-order valence-electron chi connectivity index (χ4n) is 2.12. The van der Waals surface area contributed by atoms with Crippen molar-refractivity contribution in [2.45, 2.75) is 5.16 Å². The topological polar surface area (TPSA) is 67.0 Å². The number of H-pyrrole nitrogens is 1. The highest BCUT2D eigenvalue weighted by atomic mass is 32.2. The third-order valence-electron chi connectivity index (χ3n) is 3.22. The second kappa shape index (κ2) is 6.88. The van der Waals surface area contributed by atoms with E-state index in [1.54, 1.807) is 24.3 Å². The van der Waals surface area contributed by atoms with Gasteiger partial charge < -0.3 is 15.0 Å². The average molecular weight is 349 g/mol. The zero-order valence-electron chi connectivity index (χ0n) is 12.6. The Balaban J connectivity index is 1.66. The van der Waals surface area contributed by atoms with Crippen LogP contribution in [0.15, 0.2) is 41.6 Å². The summed E-state index contributed by atoms with van der Waals surface area (Å²) in [6.07, 6.45) is 0. The molecule has 0 atom stereocenters. The van der Waals surface area contributed by atoms with Crippen LogP contribution in [-0.4, -0.2) is 28.7 Å². The highest BCUT2D eigenvalue weighted by Gasteiger charge is 2.11. The molecule has 5 nitrogen and oxygen atoms in total. The van der Waals surface area contributed by atoms with Gasteiger partial charge in [0.15, 0.2) is 16.8 Å². The molecule has 124 valence electrons. The second-order valence-corrected chi connectivity index (χ2v) is 5.83. The van der Waals surface area contributed by atoms with Gasteiger partial charge in [0.05, 0.1) is 29.6 Å². The summed E-state index contributed by atoms with van der Waals surface area (Å²) < 4.78 is 31.5. The van der Waals surface area contributed by atoms with Gasteiger partial charge in [-0.1, -0.05) is 23.9 Å². The lowest BCUT2D eigenvalue weighted by molar-refractivity contribution is -0.113. The second-order valence-electron chi connectivity index (χ2n) is 4.86. The van der Waals surface area contributed by atoms with Crippen molar-refractivity contribution in [3.63, 3.8) is 0 Å². The molecule has 0 unspecified atom stereocenters. The molecule has 1 heterocycles. The maximum Gasteiger partial charge on any atom is 0.234 e. The van der Waals surface area contributed by atoms with Crippen LogP contribution in [0, 0.1) is 11.6 Å². The minimum absolute atomic E-state index is 0.0861. The van der Waals surface area contributed by atoms with Gasteiger partial charge >= 0.3 is 0 Å². The smallest absolute Gasteiger partial charge is 0.234 e. The monoisotopic (exact) mass is 349 g/mol. The molecule has 2 N–H and O–H groups in total. The number of para-hydroxylation sites is 2. The van der Waals surface area contributed by atoms with Crippen molar-refractivity contribution in [3.8, 4) is 5.75 Å². The van der Waals surface area contributed by atoms with Gasteiger partial charge in [0.25, 0.3) is 0 Å². The normalized spacial score (nSPS) is 10.8. The number of nitrogens with one attached hydrogen (secondary N) is 2. The van der Waals surface area contributed by atoms with E-state index in [1.165, 1.54) is 7.11 Å². The summed E-state index contributed by atoms with van der Waals surface area (Å²) in [6.45, 7) is 0. The Kier molecular flexibility index (Phi) is 4.66. The molecule has 1 aromatic heterocycles. The van der Waals surface area contributed by atoms with E-state index >= 15 is 0 Å². The van der Waals surface area contributed by atoms with Crippen molar-refractivity contribution < 1.29 is 18.3 Å². The molecule has 0 aliphatic heterocycles. The highest BCUT2D eigenvalue weighted by molar-refractivity contribution is 7.99. The predicted octanol–water partition coefficient (Wildman–Crippen LogP) is 3.58. The van der Waals surface area contributed by atoms with Gasteiger partial charge in [0.2, 0.25) is 5.91 Å². The molecule has 0 aliphatic rings. The lowest BCUT2D eigenvalue weighted by Gasteiger charge is -2.09.